The zero-order valence-electron chi connectivity index (χ0n) is 44.9. The minimum absolute atomic E-state index is 0.0647. The van der Waals surface area contributed by atoms with E-state index in [4.69, 9.17) is 0 Å². The minimum Gasteiger partial charge on any atom is -0.310 e. The first kappa shape index (κ1) is 47.3. The molecule has 8 aromatic rings. The van der Waals surface area contributed by atoms with E-state index in [2.05, 4.69) is 278 Å². The van der Waals surface area contributed by atoms with Gasteiger partial charge in [-0.25, -0.2) is 0 Å². The summed E-state index contributed by atoms with van der Waals surface area (Å²) in [5.74, 6) is 0. The molecule has 0 unspecified atom stereocenters. The van der Waals surface area contributed by atoms with Gasteiger partial charge in [-0.1, -0.05) is 196 Å². The van der Waals surface area contributed by atoms with Crippen LogP contribution in [0.15, 0.2) is 158 Å². The van der Waals surface area contributed by atoms with Crippen LogP contribution in [0.4, 0.5) is 34.1 Å². The molecule has 0 saturated heterocycles. The second-order valence-electron chi connectivity index (χ2n) is 25.6. The third-order valence-corrected chi connectivity index (χ3v) is 15.8. The average molecular weight is 919 g/mol. The van der Waals surface area contributed by atoms with Gasteiger partial charge < -0.3 is 9.80 Å². The van der Waals surface area contributed by atoms with Crippen LogP contribution in [-0.4, -0.2) is 0 Å². The van der Waals surface area contributed by atoms with Crippen LogP contribution in [0.3, 0.4) is 0 Å². The van der Waals surface area contributed by atoms with Crippen molar-refractivity contribution in [2.45, 2.75) is 143 Å². The van der Waals surface area contributed by atoms with Crippen LogP contribution in [0, 0.1) is 0 Å². The maximum atomic E-state index is 2.51. The summed E-state index contributed by atoms with van der Waals surface area (Å²) in [5, 5.41) is 2.66. The monoisotopic (exact) mass is 919 g/mol. The molecule has 0 aromatic heterocycles. The molecule has 0 aliphatic heterocycles. The van der Waals surface area contributed by atoms with Gasteiger partial charge in [0.15, 0.2) is 0 Å². The Kier molecular flexibility index (Phi) is 10.9. The van der Waals surface area contributed by atoms with Crippen LogP contribution in [0.2, 0.25) is 0 Å². The van der Waals surface area contributed by atoms with Crippen molar-refractivity contribution in [2.24, 2.45) is 0 Å². The fraction of sp³-hybridized carbons (Fsp3) is 0.324. The number of benzene rings is 8. The molecule has 0 N–H and O–H groups in total. The third-order valence-electron chi connectivity index (χ3n) is 15.8. The molecular weight excluding hydrogens is 845 g/mol. The molecule has 0 amide bonds. The number of rotatable bonds is 6. The first-order valence-corrected chi connectivity index (χ1v) is 25.7. The Bertz CT molecular complexity index is 2960. The largest absolute Gasteiger partial charge is 0.310 e. The van der Waals surface area contributed by atoms with Crippen LogP contribution >= 0.6 is 0 Å². The summed E-state index contributed by atoms with van der Waals surface area (Å²) >= 11 is 0. The highest BCUT2D eigenvalue weighted by molar-refractivity contribution is 6.13. The lowest BCUT2D eigenvalue weighted by atomic mass is 9.71. The SMILES string of the molecule is CC(C)(C)c1ccc(N(c2ccc(C(C)(C)C)cc2)c2ccc3c(c2)C(C)(C)c2c4c(c5ccccc5c2-3)-c2ccc(N(c3ccc(C(C)(C)C)cc3)c3ccc(C(C)(C)C)cc3)cc2C4(C)C)cc1. The first-order chi connectivity index (χ1) is 32.8. The Morgan fingerprint density at radius 1 is 0.300 bits per heavy atom. The van der Waals surface area contributed by atoms with E-state index in [0.717, 1.165) is 22.7 Å². The van der Waals surface area contributed by atoms with Crippen molar-refractivity contribution in [3.8, 4) is 22.3 Å². The van der Waals surface area contributed by atoms with Crippen LogP contribution < -0.4 is 9.80 Å². The summed E-state index contributed by atoms with van der Waals surface area (Å²) in [6, 6.07) is 60.8. The van der Waals surface area contributed by atoms with E-state index in [1.807, 2.05) is 0 Å². The van der Waals surface area contributed by atoms with Gasteiger partial charge in [0.25, 0.3) is 0 Å². The van der Waals surface area contributed by atoms with Crippen molar-refractivity contribution in [3.05, 3.63) is 202 Å². The number of nitrogens with zero attached hydrogens (tertiary/aromatic N) is 2. The third kappa shape index (κ3) is 7.78. The van der Waals surface area contributed by atoms with Crippen LogP contribution in [0.1, 0.15) is 155 Å². The zero-order chi connectivity index (χ0) is 50.1. The molecule has 0 bridgehead atoms. The first-order valence-electron chi connectivity index (χ1n) is 25.7. The van der Waals surface area contributed by atoms with Crippen molar-refractivity contribution in [1.29, 1.82) is 0 Å². The minimum atomic E-state index is -0.287. The summed E-state index contributed by atoms with van der Waals surface area (Å²) in [6.07, 6.45) is 0. The number of hydrogen-bond acceptors (Lipinski definition) is 2. The van der Waals surface area contributed by atoms with E-state index in [9.17, 15) is 0 Å². The van der Waals surface area contributed by atoms with E-state index < -0.39 is 0 Å². The smallest absolute Gasteiger partial charge is 0.0465 e. The van der Waals surface area contributed by atoms with Gasteiger partial charge in [-0.3, -0.25) is 0 Å². The molecule has 0 atom stereocenters. The second kappa shape index (κ2) is 16.1. The predicted octanol–water partition coefficient (Wildman–Crippen LogP) is 19.6. The Balaban J connectivity index is 1.13. The highest BCUT2D eigenvalue weighted by atomic mass is 15.1. The number of anilines is 6. The molecule has 0 radical (unpaired) electrons. The van der Waals surface area contributed by atoms with Crippen LogP contribution in [-0.2, 0) is 32.5 Å². The normalized spacial score (nSPS) is 14.8. The van der Waals surface area contributed by atoms with Crippen molar-refractivity contribution in [3.63, 3.8) is 0 Å². The van der Waals surface area contributed by atoms with Crippen LogP contribution in [0.25, 0.3) is 33.0 Å². The molecule has 70 heavy (non-hydrogen) atoms. The van der Waals surface area contributed by atoms with Gasteiger partial charge in [-0.05, 0) is 172 Å². The molecule has 356 valence electrons. The van der Waals surface area contributed by atoms with E-state index in [1.165, 1.54) is 88.9 Å². The van der Waals surface area contributed by atoms with Gasteiger partial charge in [-0.15, -0.1) is 0 Å². The van der Waals surface area contributed by atoms with Crippen molar-refractivity contribution < 1.29 is 0 Å². The lowest BCUT2D eigenvalue weighted by molar-refractivity contribution is 0.590. The quantitative estimate of drug-likeness (QED) is 0.164. The molecule has 0 spiro atoms. The Morgan fingerprint density at radius 2 is 0.543 bits per heavy atom. The van der Waals surface area contributed by atoms with Crippen LogP contribution in [0.5, 0.6) is 0 Å². The molecule has 2 aliphatic carbocycles. The summed E-state index contributed by atoms with van der Waals surface area (Å²) < 4.78 is 0. The van der Waals surface area contributed by atoms with Gasteiger partial charge in [0.2, 0.25) is 0 Å². The highest BCUT2D eigenvalue weighted by Gasteiger charge is 2.48. The predicted molar refractivity (Wildman–Crippen MR) is 303 cm³/mol. The standard InChI is InChI=1S/C68H74N2/c1-63(2,3)43-21-29-47(30-22-43)69(48-31-23-44(24-32-48)64(4,5)6)51-37-39-55-57(41-51)67(13,14)61-59(55)53-19-17-18-20-54(53)60-56-40-38-52(42-58(56)68(15,16)62(60)61)70(49-33-25-45(26-34-49)65(7,8)9)50-35-27-46(28-36-50)66(10,11)12/h17-42H,1-16H3. The molecule has 2 heteroatoms. The van der Waals surface area contributed by atoms with Crippen molar-refractivity contribution >= 4 is 44.9 Å². The summed E-state index contributed by atoms with van der Waals surface area (Å²) in [7, 11) is 0. The molecule has 0 heterocycles. The van der Waals surface area contributed by atoms with E-state index in [0.29, 0.717) is 0 Å². The molecule has 10 rings (SSSR count). The van der Waals surface area contributed by atoms with Gasteiger partial charge in [0.05, 0.1) is 0 Å². The van der Waals surface area contributed by atoms with E-state index in [1.54, 1.807) is 0 Å². The maximum absolute atomic E-state index is 2.51. The highest BCUT2D eigenvalue weighted by Crippen LogP contribution is 2.63. The molecule has 2 aliphatic rings. The fourth-order valence-electron chi connectivity index (χ4n) is 11.7. The van der Waals surface area contributed by atoms with Gasteiger partial charge >= 0.3 is 0 Å². The lowest BCUT2D eigenvalue weighted by Gasteiger charge is -2.32. The zero-order valence-corrected chi connectivity index (χ0v) is 44.9. The van der Waals surface area contributed by atoms with E-state index in [-0.39, 0.29) is 32.5 Å². The lowest BCUT2D eigenvalue weighted by Crippen LogP contribution is -2.24. The topological polar surface area (TPSA) is 6.48 Å². The molecule has 8 aromatic carbocycles. The summed E-state index contributed by atoms with van der Waals surface area (Å²) in [5.41, 5.74) is 23.1. The van der Waals surface area contributed by atoms with Gasteiger partial charge in [0.1, 0.15) is 0 Å². The Labute approximate surface area is 420 Å². The Morgan fingerprint density at radius 3 is 0.786 bits per heavy atom. The number of hydrogen-bond donors (Lipinski definition) is 0. The number of fused-ring (bicyclic) bond motifs is 10. The van der Waals surface area contributed by atoms with Gasteiger partial charge in [0, 0.05) is 45.0 Å². The average Bonchev–Trinajstić information content (AvgIpc) is 3.68. The molecule has 0 fully saturated rings. The molecule has 0 saturated carbocycles. The molecule has 2 nitrogen and oxygen atoms in total. The summed E-state index contributed by atoms with van der Waals surface area (Å²) in [6.45, 7) is 37.4. The summed E-state index contributed by atoms with van der Waals surface area (Å²) in [4.78, 5) is 4.92. The van der Waals surface area contributed by atoms with E-state index >= 15 is 0 Å². The van der Waals surface area contributed by atoms with Gasteiger partial charge in [-0.2, -0.15) is 0 Å². The van der Waals surface area contributed by atoms with Crippen molar-refractivity contribution in [1.82, 2.24) is 0 Å². The second-order valence-corrected chi connectivity index (χ2v) is 25.6. The maximum Gasteiger partial charge on any atom is 0.0465 e. The fourth-order valence-corrected chi connectivity index (χ4v) is 11.7. The Hall–Kier alpha value is -6.38. The molecular formula is C68H74N2. The van der Waals surface area contributed by atoms with Crippen molar-refractivity contribution in [2.75, 3.05) is 9.80 Å².